The molecule has 2 atom stereocenters. The van der Waals surface area contributed by atoms with E-state index in [0.29, 0.717) is 23.6 Å². The number of sulfonamides is 1. The third-order valence-electron chi connectivity index (χ3n) is 3.58. The van der Waals surface area contributed by atoms with Gasteiger partial charge in [0.15, 0.2) is 0 Å². The van der Waals surface area contributed by atoms with Crippen LogP contribution in [0.5, 0.6) is 0 Å². The molecule has 2 unspecified atom stereocenters. The highest BCUT2D eigenvalue weighted by Crippen LogP contribution is 2.26. The largest absolute Gasteiger partial charge is 0.393 e. The summed E-state index contributed by atoms with van der Waals surface area (Å²) in [6.45, 7) is 2.06. The molecule has 1 aliphatic carbocycles. The van der Waals surface area contributed by atoms with Gasteiger partial charge in [-0.1, -0.05) is 17.7 Å². The number of hydrogen-bond acceptors (Lipinski definition) is 3. The van der Waals surface area contributed by atoms with Crippen LogP contribution in [0.2, 0.25) is 5.02 Å². The zero-order valence-corrected chi connectivity index (χ0v) is 12.3. The lowest BCUT2D eigenvalue weighted by atomic mass is 10.1. The van der Waals surface area contributed by atoms with Crippen molar-refractivity contribution in [2.75, 3.05) is 6.54 Å². The molecule has 19 heavy (non-hydrogen) atoms. The Kier molecular flexibility index (Phi) is 4.50. The van der Waals surface area contributed by atoms with Gasteiger partial charge in [0.25, 0.3) is 0 Å². The third kappa shape index (κ3) is 3.48. The van der Waals surface area contributed by atoms with Gasteiger partial charge in [0, 0.05) is 11.6 Å². The lowest BCUT2D eigenvalue weighted by molar-refractivity contribution is 0.178. The standard InChI is InChI=1S/C13H18ClNO3S/c1-9-12(14)3-2-4-13(9)19(17,18)15-8-10-5-6-11(16)7-10/h2-4,10-11,15-16H,5-8H2,1H3. The van der Waals surface area contributed by atoms with Crippen molar-refractivity contribution in [1.82, 2.24) is 4.72 Å². The molecule has 0 aromatic heterocycles. The maximum Gasteiger partial charge on any atom is 0.240 e. The summed E-state index contributed by atoms with van der Waals surface area (Å²) in [5, 5.41) is 9.88. The van der Waals surface area contributed by atoms with Crippen LogP contribution in [0.25, 0.3) is 0 Å². The number of rotatable bonds is 4. The molecule has 1 aromatic carbocycles. The van der Waals surface area contributed by atoms with Crippen LogP contribution < -0.4 is 4.72 Å². The first-order valence-electron chi connectivity index (χ1n) is 6.33. The molecular weight excluding hydrogens is 286 g/mol. The lowest BCUT2D eigenvalue weighted by Crippen LogP contribution is -2.29. The number of halogens is 1. The van der Waals surface area contributed by atoms with E-state index in [-0.39, 0.29) is 16.9 Å². The van der Waals surface area contributed by atoms with Gasteiger partial charge < -0.3 is 5.11 Å². The van der Waals surface area contributed by atoms with E-state index in [0.717, 1.165) is 12.8 Å². The van der Waals surface area contributed by atoms with E-state index in [1.165, 1.54) is 0 Å². The second-order valence-corrected chi connectivity index (χ2v) is 7.19. The number of aliphatic hydroxyl groups excluding tert-OH is 1. The summed E-state index contributed by atoms with van der Waals surface area (Å²) in [5.74, 6) is 0.212. The molecule has 0 spiro atoms. The van der Waals surface area contributed by atoms with Gasteiger partial charge >= 0.3 is 0 Å². The van der Waals surface area contributed by atoms with Crippen molar-refractivity contribution in [2.24, 2.45) is 5.92 Å². The normalized spacial score (nSPS) is 23.7. The molecule has 1 aliphatic rings. The van der Waals surface area contributed by atoms with E-state index in [2.05, 4.69) is 4.72 Å². The van der Waals surface area contributed by atoms with Gasteiger partial charge in [0.1, 0.15) is 0 Å². The maximum absolute atomic E-state index is 12.2. The molecule has 1 saturated carbocycles. The Hall–Kier alpha value is -0.620. The van der Waals surface area contributed by atoms with Gasteiger partial charge in [-0.05, 0) is 49.8 Å². The zero-order valence-electron chi connectivity index (χ0n) is 10.8. The molecule has 4 nitrogen and oxygen atoms in total. The number of benzene rings is 1. The van der Waals surface area contributed by atoms with E-state index in [4.69, 9.17) is 11.6 Å². The molecule has 0 saturated heterocycles. The fourth-order valence-electron chi connectivity index (χ4n) is 2.42. The molecule has 2 N–H and O–H groups in total. The highest BCUT2D eigenvalue weighted by Gasteiger charge is 2.25. The molecule has 1 fully saturated rings. The highest BCUT2D eigenvalue weighted by molar-refractivity contribution is 7.89. The van der Waals surface area contributed by atoms with Crippen LogP contribution >= 0.6 is 11.6 Å². The van der Waals surface area contributed by atoms with Gasteiger partial charge in [-0.25, -0.2) is 13.1 Å². The average molecular weight is 304 g/mol. The predicted molar refractivity (Wildman–Crippen MR) is 74.7 cm³/mol. The minimum absolute atomic E-state index is 0.212. The fourth-order valence-corrected chi connectivity index (χ4v) is 4.03. The Balaban J connectivity index is 2.08. The molecule has 0 bridgehead atoms. The molecule has 0 aliphatic heterocycles. The molecule has 106 valence electrons. The van der Waals surface area contributed by atoms with Gasteiger partial charge in [-0.3, -0.25) is 0 Å². The third-order valence-corrected chi connectivity index (χ3v) is 5.56. The van der Waals surface area contributed by atoms with Crippen molar-refractivity contribution < 1.29 is 13.5 Å². The first-order chi connectivity index (χ1) is 8.90. The van der Waals surface area contributed by atoms with Gasteiger partial charge in [0.2, 0.25) is 10.0 Å². The lowest BCUT2D eigenvalue weighted by Gasteiger charge is -2.13. The Morgan fingerprint density at radius 1 is 1.42 bits per heavy atom. The Morgan fingerprint density at radius 2 is 2.16 bits per heavy atom. The van der Waals surface area contributed by atoms with Crippen LogP contribution in [0.4, 0.5) is 0 Å². The highest BCUT2D eigenvalue weighted by atomic mass is 35.5. The van der Waals surface area contributed by atoms with Crippen LogP contribution in [-0.4, -0.2) is 26.2 Å². The molecule has 0 radical (unpaired) electrons. The Morgan fingerprint density at radius 3 is 2.79 bits per heavy atom. The van der Waals surface area contributed by atoms with Crippen LogP contribution in [0.1, 0.15) is 24.8 Å². The number of nitrogens with one attached hydrogen (secondary N) is 1. The summed E-state index contributed by atoms with van der Waals surface area (Å²) in [5.41, 5.74) is 0.558. The minimum Gasteiger partial charge on any atom is -0.393 e. The zero-order chi connectivity index (χ0) is 14.0. The van der Waals surface area contributed by atoms with Crippen molar-refractivity contribution in [1.29, 1.82) is 0 Å². The van der Waals surface area contributed by atoms with Crippen molar-refractivity contribution in [3.63, 3.8) is 0 Å². The number of hydrogen-bond donors (Lipinski definition) is 2. The topological polar surface area (TPSA) is 66.4 Å². The van der Waals surface area contributed by atoms with Gasteiger partial charge in [-0.2, -0.15) is 0 Å². The molecule has 1 aromatic rings. The molecule has 6 heteroatoms. The van der Waals surface area contributed by atoms with Crippen molar-refractivity contribution in [3.8, 4) is 0 Å². The first kappa shape index (κ1) is 14.8. The maximum atomic E-state index is 12.2. The molecule has 0 heterocycles. The van der Waals surface area contributed by atoms with Crippen LogP contribution in [0.15, 0.2) is 23.1 Å². The number of aliphatic hydroxyl groups is 1. The van der Waals surface area contributed by atoms with E-state index in [1.54, 1.807) is 25.1 Å². The van der Waals surface area contributed by atoms with Gasteiger partial charge in [0.05, 0.1) is 11.0 Å². The van der Waals surface area contributed by atoms with E-state index < -0.39 is 10.0 Å². The van der Waals surface area contributed by atoms with E-state index >= 15 is 0 Å². The Bertz CT molecular complexity index is 559. The SMILES string of the molecule is Cc1c(Cl)cccc1S(=O)(=O)NCC1CCC(O)C1. The van der Waals surface area contributed by atoms with Gasteiger partial charge in [-0.15, -0.1) is 0 Å². The second kappa shape index (κ2) is 5.79. The summed E-state index contributed by atoms with van der Waals surface area (Å²) < 4.78 is 27.0. The first-order valence-corrected chi connectivity index (χ1v) is 8.19. The summed E-state index contributed by atoms with van der Waals surface area (Å²) >= 11 is 5.94. The average Bonchev–Trinajstić information content (AvgIpc) is 2.76. The Labute approximate surface area is 118 Å². The molecule has 0 amide bonds. The van der Waals surface area contributed by atoms with Crippen LogP contribution in [0.3, 0.4) is 0 Å². The van der Waals surface area contributed by atoms with Crippen molar-refractivity contribution >= 4 is 21.6 Å². The summed E-state index contributed by atoms with van der Waals surface area (Å²) in [4.78, 5) is 0.221. The monoisotopic (exact) mass is 303 g/mol. The summed E-state index contributed by atoms with van der Waals surface area (Å²) in [7, 11) is -3.53. The van der Waals surface area contributed by atoms with Crippen LogP contribution in [0, 0.1) is 12.8 Å². The van der Waals surface area contributed by atoms with Crippen LogP contribution in [-0.2, 0) is 10.0 Å². The summed E-state index contributed by atoms with van der Waals surface area (Å²) in [6, 6.07) is 4.85. The second-order valence-electron chi connectivity index (χ2n) is 5.05. The predicted octanol–water partition coefficient (Wildman–Crippen LogP) is 2.09. The van der Waals surface area contributed by atoms with E-state index in [1.807, 2.05) is 0 Å². The summed E-state index contributed by atoms with van der Waals surface area (Å²) in [6.07, 6.45) is 1.99. The fraction of sp³-hybridized carbons (Fsp3) is 0.538. The smallest absolute Gasteiger partial charge is 0.240 e. The quantitative estimate of drug-likeness (QED) is 0.895. The minimum atomic E-state index is -3.53. The molecule has 2 rings (SSSR count). The van der Waals surface area contributed by atoms with Crippen molar-refractivity contribution in [2.45, 2.75) is 37.2 Å². The molecular formula is C13H18ClNO3S. The van der Waals surface area contributed by atoms with E-state index in [9.17, 15) is 13.5 Å². The van der Waals surface area contributed by atoms with Crippen molar-refractivity contribution in [3.05, 3.63) is 28.8 Å².